The summed E-state index contributed by atoms with van der Waals surface area (Å²) in [6.07, 6.45) is 3.71. The third kappa shape index (κ3) is 5.38. The van der Waals surface area contributed by atoms with Gasteiger partial charge in [-0.3, -0.25) is 4.79 Å². The van der Waals surface area contributed by atoms with Crippen molar-refractivity contribution in [1.82, 2.24) is 4.31 Å². The van der Waals surface area contributed by atoms with Crippen LogP contribution in [0.5, 0.6) is 0 Å². The second-order valence-electron chi connectivity index (χ2n) is 9.01. The number of ether oxygens (including phenoxy) is 1. The lowest BCUT2D eigenvalue weighted by atomic mass is 9.95. The molecule has 1 heterocycles. The first-order valence-electron chi connectivity index (χ1n) is 11.9. The highest BCUT2D eigenvalue weighted by Crippen LogP contribution is 2.38. The Balaban J connectivity index is 1.56. The first kappa shape index (κ1) is 26.1. The number of amides is 1. The van der Waals surface area contributed by atoms with Crippen LogP contribution >= 0.6 is 11.3 Å². The molecule has 0 saturated heterocycles. The van der Waals surface area contributed by atoms with Crippen LogP contribution in [0, 0.1) is 0 Å². The summed E-state index contributed by atoms with van der Waals surface area (Å²) in [5.74, 6) is -0.869. The SMILES string of the molecule is COC(=O)c1c(NC(=O)c2ccc(S(=O)(=O)N(Cc3ccccc3)C(C)C)cc2)sc2c1CCCC2. The predicted molar refractivity (Wildman–Crippen MR) is 141 cm³/mol. The van der Waals surface area contributed by atoms with E-state index in [9.17, 15) is 18.0 Å². The van der Waals surface area contributed by atoms with Crippen LogP contribution in [0.1, 0.15) is 63.4 Å². The minimum atomic E-state index is -3.78. The van der Waals surface area contributed by atoms with Gasteiger partial charge in [0.25, 0.3) is 5.91 Å². The van der Waals surface area contributed by atoms with E-state index in [4.69, 9.17) is 4.74 Å². The van der Waals surface area contributed by atoms with Gasteiger partial charge in [-0.1, -0.05) is 30.3 Å². The van der Waals surface area contributed by atoms with Crippen molar-refractivity contribution >= 4 is 38.2 Å². The van der Waals surface area contributed by atoms with Gasteiger partial charge in [0.1, 0.15) is 5.00 Å². The van der Waals surface area contributed by atoms with Gasteiger partial charge in [-0.2, -0.15) is 4.31 Å². The zero-order chi connectivity index (χ0) is 25.9. The van der Waals surface area contributed by atoms with Gasteiger partial charge in [-0.25, -0.2) is 13.2 Å². The van der Waals surface area contributed by atoms with E-state index in [1.54, 1.807) is 0 Å². The molecule has 0 fully saturated rings. The van der Waals surface area contributed by atoms with Crippen LogP contribution in [0.15, 0.2) is 59.5 Å². The molecular formula is C27H30N2O5S2. The van der Waals surface area contributed by atoms with E-state index in [0.717, 1.165) is 41.7 Å². The van der Waals surface area contributed by atoms with Gasteiger partial charge < -0.3 is 10.1 Å². The van der Waals surface area contributed by atoms with Gasteiger partial charge in [0.15, 0.2) is 0 Å². The van der Waals surface area contributed by atoms with E-state index in [-0.39, 0.29) is 17.5 Å². The number of thiophene rings is 1. The smallest absolute Gasteiger partial charge is 0.341 e. The summed E-state index contributed by atoms with van der Waals surface area (Å²) in [4.78, 5) is 26.7. The van der Waals surface area contributed by atoms with E-state index in [1.807, 2.05) is 44.2 Å². The molecule has 9 heteroatoms. The lowest BCUT2D eigenvalue weighted by Gasteiger charge is -2.26. The lowest BCUT2D eigenvalue weighted by molar-refractivity contribution is 0.0601. The Morgan fingerprint density at radius 3 is 2.33 bits per heavy atom. The Hall–Kier alpha value is -3.01. The van der Waals surface area contributed by atoms with Crippen LogP contribution in [0.25, 0.3) is 0 Å². The lowest BCUT2D eigenvalue weighted by Crippen LogP contribution is -2.36. The number of hydrogen-bond acceptors (Lipinski definition) is 6. The zero-order valence-corrected chi connectivity index (χ0v) is 22.2. The molecule has 0 spiro atoms. The summed E-state index contributed by atoms with van der Waals surface area (Å²) in [5.41, 5.74) is 2.58. The quantitative estimate of drug-likeness (QED) is 0.404. The van der Waals surface area contributed by atoms with Gasteiger partial charge in [0.2, 0.25) is 10.0 Å². The Morgan fingerprint density at radius 2 is 1.69 bits per heavy atom. The third-order valence-corrected chi connectivity index (χ3v) is 9.51. The molecule has 1 aliphatic rings. The van der Waals surface area contributed by atoms with E-state index >= 15 is 0 Å². The average Bonchev–Trinajstić information content (AvgIpc) is 3.25. The van der Waals surface area contributed by atoms with Crippen LogP contribution < -0.4 is 5.32 Å². The highest BCUT2D eigenvalue weighted by Gasteiger charge is 2.29. The third-order valence-electron chi connectivity index (χ3n) is 6.27. The molecule has 1 N–H and O–H groups in total. The second kappa shape index (κ2) is 10.9. The van der Waals surface area contributed by atoms with E-state index in [2.05, 4.69) is 5.32 Å². The summed E-state index contributed by atoms with van der Waals surface area (Å²) < 4.78 is 33.2. The van der Waals surface area contributed by atoms with Crippen molar-refractivity contribution in [1.29, 1.82) is 0 Å². The summed E-state index contributed by atoms with van der Waals surface area (Å²) in [5, 5.41) is 3.33. The maximum absolute atomic E-state index is 13.4. The molecule has 36 heavy (non-hydrogen) atoms. The fourth-order valence-corrected chi connectivity index (χ4v) is 7.27. The Bertz CT molecular complexity index is 1350. The topological polar surface area (TPSA) is 92.8 Å². The van der Waals surface area contributed by atoms with Crippen molar-refractivity contribution in [3.8, 4) is 0 Å². The number of esters is 1. The Morgan fingerprint density at radius 1 is 1.03 bits per heavy atom. The molecule has 7 nitrogen and oxygen atoms in total. The number of nitrogens with one attached hydrogen (secondary N) is 1. The average molecular weight is 527 g/mol. The Labute approximate surface area is 216 Å². The molecule has 0 atom stereocenters. The number of hydrogen-bond donors (Lipinski definition) is 1. The van der Waals surface area contributed by atoms with Crippen molar-refractivity contribution in [3.05, 3.63) is 81.7 Å². The maximum atomic E-state index is 13.4. The molecule has 2 aromatic carbocycles. The monoisotopic (exact) mass is 526 g/mol. The van der Waals surface area contributed by atoms with Crippen LogP contribution in [-0.2, 0) is 34.1 Å². The van der Waals surface area contributed by atoms with Crippen LogP contribution in [0.3, 0.4) is 0 Å². The number of nitrogens with zero attached hydrogens (tertiary/aromatic N) is 1. The van der Waals surface area contributed by atoms with Gasteiger partial charge in [-0.05, 0) is 74.9 Å². The number of methoxy groups -OCH3 is 1. The fourth-order valence-electron chi connectivity index (χ4n) is 4.37. The molecule has 1 aliphatic carbocycles. The Kier molecular flexibility index (Phi) is 7.92. The molecule has 0 unspecified atom stereocenters. The van der Waals surface area contributed by atoms with Gasteiger partial charge in [0, 0.05) is 23.0 Å². The number of carbonyl (C=O) groups excluding carboxylic acids is 2. The molecule has 0 radical (unpaired) electrons. The highest BCUT2D eigenvalue weighted by atomic mass is 32.2. The van der Waals surface area contributed by atoms with Crippen molar-refractivity contribution < 1.29 is 22.7 Å². The van der Waals surface area contributed by atoms with E-state index in [0.29, 0.717) is 16.1 Å². The number of rotatable bonds is 8. The summed E-state index contributed by atoms with van der Waals surface area (Å²) in [6.45, 7) is 3.92. The molecule has 1 amide bonds. The molecule has 190 valence electrons. The van der Waals surface area contributed by atoms with E-state index in [1.165, 1.54) is 47.0 Å². The predicted octanol–water partition coefficient (Wildman–Crippen LogP) is 5.27. The fraction of sp³-hybridized carbons (Fsp3) is 0.333. The van der Waals surface area contributed by atoms with Crippen molar-refractivity contribution in [2.45, 2.75) is 57.0 Å². The molecule has 1 aromatic heterocycles. The molecular weight excluding hydrogens is 496 g/mol. The van der Waals surface area contributed by atoms with Crippen molar-refractivity contribution in [2.24, 2.45) is 0 Å². The number of anilines is 1. The number of benzene rings is 2. The molecule has 0 aliphatic heterocycles. The first-order valence-corrected chi connectivity index (χ1v) is 14.2. The summed E-state index contributed by atoms with van der Waals surface area (Å²) in [7, 11) is -2.45. The largest absolute Gasteiger partial charge is 0.465 e. The number of carbonyl (C=O) groups is 2. The normalized spacial score (nSPS) is 13.5. The van der Waals surface area contributed by atoms with Crippen LogP contribution in [0.4, 0.5) is 5.00 Å². The van der Waals surface area contributed by atoms with Gasteiger partial charge >= 0.3 is 5.97 Å². The van der Waals surface area contributed by atoms with Crippen molar-refractivity contribution in [3.63, 3.8) is 0 Å². The zero-order valence-electron chi connectivity index (χ0n) is 20.6. The molecule has 3 aromatic rings. The first-order chi connectivity index (χ1) is 17.2. The second-order valence-corrected chi connectivity index (χ2v) is 12.0. The van der Waals surface area contributed by atoms with Crippen molar-refractivity contribution in [2.75, 3.05) is 12.4 Å². The summed E-state index contributed by atoms with van der Waals surface area (Å²) >= 11 is 1.41. The maximum Gasteiger partial charge on any atom is 0.341 e. The molecule has 0 saturated carbocycles. The standard InChI is InChI=1S/C27H30N2O5S2/c1-18(2)29(17-19-9-5-4-6-10-19)36(32,33)21-15-13-20(14-16-21)25(30)28-26-24(27(31)34-3)22-11-7-8-12-23(22)35-26/h4-6,9-10,13-16,18H,7-8,11-12,17H2,1-3H3,(H,28,30). The van der Waals surface area contributed by atoms with E-state index < -0.39 is 21.9 Å². The number of fused-ring (bicyclic) bond motifs is 1. The molecule has 0 bridgehead atoms. The number of sulfonamides is 1. The number of aryl methyl sites for hydroxylation is 1. The van der Waals surface area contributed by atoms with Crippen LogP contribution in [0.2, 0.25) is 0 Å². The minimum absolute atomic E-state index is 0.116. The molecule has 4 rings (SSSR count). The van der Waals surface area contributed by atoms with Gasteiger partial charge in [0.05, 0.1) is 17.6 Å². The summed E-state index contributed by atoms with van der Waals surface area (Å²) in [6, 6.07) is 15.1. The van der Waals surface area contributed by atoms with Crippen LogP contribution in [-0.4, -0.2) is 37.8 Å². The van der Waals surface area contributed by atoms with Gasteiger partial charge in [-0.15, -0.1) is 11.3 Å². The minimum Gasteiger partial charge on any atom is -0.465 e. The highest BCUT2D eigenvalue weighted by molar-refractivity contribution is 7.89.